The Morgan fingerprint density at radius 1 is 1.24 bits per heavy atom. The molecule has 2 rings (SSSR count). The quantitative estimate of drug-likeness (QED) is 0.783. The van der Waals surface area contributed by atoms with Crippen LogP contribution in [-0.4, -0.2) is 46.7 Å². The van der Waals surface area contributed by atoms with Crippen molar-refractivity contribution < 1.29 is 19.4 Å². The van der Waals surface area contributed by atoms with Gasteiger partial charge in [-0.2, -0.15) is 0 Å². The third kappa shape index (κ3) is 2.60. The SMILES string of the molecule is CC1CCC(C(=O)N2CCCCC2C(=O)O)O1. The lowest BCUT2D eigenvalue weighted by Crippen LogP contribution is -2.51. The molecule has 17 heavy (non-hydrogen) atoms. The van der Waals surface area contributed by atoms with Crippen LogP contribution in [0.5, 0.6) is 0 Å². The molecule has 0 radical (unpaired) electrons. The molecule has 0 aromatic heterocycles. The molecule has 5 nitrogen and oxygen atoms in total. The first kappa shape index (κ1) is 12.4. The van der Waals surface area contributed by atoms with Crippen LogP contribution in [0.1, 0.15) is 39.0 Å². The highest BCUT2D eigenvalue weighted by Gasteiger charge is 2.38. The van der Waals surface area contributed by atoms with Crippen molar-refractivity contribution in [2.45, 2.75) is 57.3 Å². The normalized spacial score (nSPS) is 33.7. The fourth-order valence-corrected chi connectivity index (χ4v) is 2.62. The molecule has 0 aliphatic carbocycles. The monoisotopic (exact) mass is 241 g/mol. The Hall–Kier alpha value is -1.10. The number of amides is 1. The molecular formula is C12H19NO4. The summed E-state index contributed by atoms with van der Waals surface area (Å²) in [4.78, 5) is 24.8. The van der Waals surface area contributed by atoms with E-state index in [0.717, 1.165) is 19.3 Å². The zero-order valence-electron chi connectivity index (χ0n) is 10.1. The second kappa shape index (κ2) is 5.04. The van der Waals surface area contributed by atoms with Gasteiger partial charge in [0.2, 0.25) is 0 Å². The number of likely N-dealkylation sites (tertiary alicyclic amines) is 1. The maximum Gasteiger partial charge on any atom is 0.326 e. The number of nitrogens with zero attached hydrogens (tertiary/aromatic N) is 1. The molecule has 0 saturated carbocycles. The zero-order valence-corrected chi connectivity index (χ0v) is 10.1. The topological polar surface area (TPSA) is 66.8 Å². The summed E-state index contributed by atoms with van der Waals surface area (Å²) >= 11 is 0. The van der Waals surface area contributed by atoms with Crippen molar-refractivity contribution in [3.8, 4) is 0 Å². The fraction of sp³-hybridized carbons (Fsp3) is 0.833. The van der Waals surface area contributed by atoms with E-state index >= 15 is 0 Å². The number of ether oxygens (including phenoxy) is 1. The van der Waals surface area contributed by atoms with Crippen molar-refractivity contribution in [2.75, 3.05) is 6.54 Å². The summed E-state index contributed by atoms with van der Waals surface area (Å²) in [5.41, 5.74) is 0. The van der Waals surface area contributed by atoms with Crippen molar-refractivity contribution in [1.29, 1.82) is 0 Å². The van der Waals surface area contributed by atoms with Crippen LogP contribution >= 0.6 is 0 Å². The number of hydrogen-bond acceptors (Lipinski definition) is 3. The Morgan fingerprint density at radius 2 is 2.00 bits per heavy atom. The van der Waals surface area contributed by atoms with Gasteiger partial charge in [0.05, 0.1) is 6.10 Å². The van der Waals surface area contributed by atoms with Crippen molar-refractivity contribution in [2.24, 2.45) is 0 Å². The summed E-state index contributed by atoms with van der Waals surface area (Å²) in [7, 11) is 0. The summed E-state index contributed by atoms with van der Waals surface area (Å²) in [5.74, 6) is -1.04. The van der Waals surface area contributed by atoms with Crippen LogP contribution in [0.2, 0.25) is 0 Å². The number of carbonyl (C=O) groups excluding carboxylic acids is 1. The largest absolute Gasteiger partial charge is 0.480 e. The van der Waals surface area contributed by atoms with E-state index in [9.17, 15) is 9.59 Å². The smallest absolute Gasteiger partial charge is 0.326 e. The first-order chi connectivity index (χ1) is 8.09. The molecule has 2 heterocycles. The molecule has 3 unspecified atom stereocenters. The van der Waals surface area contributed by atoms with E-state index < -0.39 is 18.1 Å². The average molecular weight is 241 g/mol. The summed E-state index contributed by atoms with van der Waals surface area (Å²) in [6, 6.07) is -0.657. The van der Waals surface area contributed by atoms with Gasteiger partial charge in [0.15, 0.2) is 0 Å². The first-order valence-electron chi connectivity index (χ1n) is 6.28. The second-order valence-corrected chi connectivity index (χ2v) is 4.89. The molecule has 96 valence electrons. The first-order valence-corrected chi connectivity index (χ1v) is 6.28. The van der Waals surface area contributed by atoms with Gasteiger partial charge in [0.1, 0.15) is 12.1 Å². The number of carboxylic acid groups (broad SMARTS) is 1. The Morgan fingerprint density at radius 3 is 2.59 bits per heavy atom. The lowest BCUT2D eigenvalue weighted by molar-refractivity contribution is -0.157. The molecule has 1 N–H and O–H groups in total. The zero-order chi connectivity index (χ0) is 12.4. The molecular weight excluding hydrogens is 222 g/mol. The lowest BCUT2D eigenvalue weighted by Gasteiger charge is -2.34. The van der Waals surface area contributed by atoms with Gasteiger partial charge >= 0.3 is 5.97 Å². The van der Waals surface area contributed by atoms with Gasteiger partial charge in [-0.1, -0.05) is 0 Å². The fourth-order valence-electron chi connectivity index (χ4n) is 2.62. The third-order valence-corrected chi connectivity index (χ3v) is 3.58. The standard InChI is InChI=1S/C12H19NO4/c1-8-5-6-10(17-8)11(14)13-7-3-2-4-9(13)12(15)16/h8-10H,2-7H2,1H3,(H,15,16). The average Bonchev–Trinajstić information content (AvgIpc) is 2.75. The van der Waals surface area contributed by atoms with Crippen LogP contribution in [0, 0.1) is 0 Å². The van der Waals surface area contributed by atoms with Gasteiger partial charge in [-0.3, -0.25) is 4.79 Å². The second-order valence-electron chi connectivity index (χ2n) is 4.89. The molecule has 2 saturated heterocycles. The van der Waals surface area contributed by atoms with Gasteiger partial charge in [-0.25, -0.2) is 4.79 Å². The lowest BCUT2D eigenvalue weighted by atomic mass is 10.0. The minimum atomic E-state index is -0.899. The Kier molecular flexibility index (Phi) is 3.66. The van der Waals surface area contributed by atoms with E-state index in [2.05, 4.69) is 0 Å². The Bertz CT molecular complexity index is 318. The number of carboxylic acids is 1. The van der Waals surface area contributed by atoms with Crippen LogP contribution in [0.15, 0.2) is 0 Å². The molecule has 1 amide bonds. The maximum atomic E-state index is 12.2. The van der Waals surface area contributed by atoms with E-state index in [1.54, 1.807) is 0 Å². The molecule has 2 aliphatic rings. The molecule has 0 aromatic carbocycles. The van der Waals surface area contributed by atoms with Crippen molar-refractivity contribution >= 4 is 11.9 Å². The highest BCUT2D eigenvalue weighted by Crippen LogP contribution is 2.25. The summed E-state index contributed by atoms with van der Waals surface area (Å²) in [5, 5.41) is 9.12. The number of aliphatic carboxylic acids is 1. The van der Waals surface area contributed by atoms with E-state index in [4.69, 9.17) is 9.84 Å². The molecule has 2 aliphatic heterocycles. The van der Waals surface area contributed by atoms with Crippen molar-refractivity contribution in [1.82, 2.24) is 4.90 Å². The van der Waals surface area contributed by atoms with Gasteiger partial charge in [-0.15, -0.1) is 0 Å². The van der Waals surface area contributed by atoms with Crippen LogP contribution in [0.25, 0.3) is 0 Å². The highest BCUT2D eigenvalue weighted by molar-refractivity contribution is 5.86. The van der Waals surface area contributed by atoms with Crippen LogP contribution in [0.3, 0.4) is 0 Å². The minimum absolute atomic E-state index is 0.108. The molecule has 3 atom stereocenters. The van der Waals surface area contributed by atoms with Gasteiger partial charge in [-0.05, 0) is 39.0 Å². The van der Waals surface area contributed by atoms with Crippen LogP contribution < -0.4 is 0 Å². The predicted octanol–water partition coefficient (Wildman–Crippen LogP) is 1.02. The van der Waals surface area contributed by atoms with Gasteiger partial charge in [0.25, 0.3) is 5.91 Å². The highest BCUT2D eigenvalue weighted by atomic mass is 16.5. The Balaban J connectivity index is 2.03. The third-order valence-electron chi connectivity index (χ3n) is 3.58. The maximum absolute atomic E-state index is 12.2. The molecule has 0 aromatic rings. The summed E-state index contributed by atoms with van der Waals surface area (Å²) in [6.45, 7) is 2.49. The van der Waals surface area contributed by atoms with Crippen molar-refractivity contribution in [3.63, 3.8) is 0 Å². The number of carbonyl (C=O) groups is 2. The number of hydrogen-bond donors (Lipinski definition) is 1. The van der Waals surface area contributed by atoms with E-state index in [1.165, 1.54) is 4.90 Å². The van der Waals surface area contributed by atoms with Crippen LogP contribution in [-0.2, 0) is 14.3 Å². The van der Waals surface area contributed by atoms with Crippen molar-refractivity contribution in [3.05, 3.63) is 0 Å². The number of piperidine rings is 1. The van der Waals surface area contributed by atoms with Gasteiger partial charge < -0.3 is 14.7 Å². The molecule has 0 bridgehead atoms. The minimum Gasteiger partial charge on any atom is -0.480 e. The predicted molar refractivity (Wildman–Crippen MR) is 60.6 cm³/mol. The summed E-state index contributed by atoms with van der Waals surface area (Å²) < 4.78 is 5.52. The summed E-state index contributed by atoms with van der Waals surface area (Å²) in [6.07, 6.45) is 3.59. The van der Waals surface area contributed by atoms with Crippen LogP contribution in [0.4, 0.5) is 0 Å². The van der Waals surface area contributed by atoms with E-state index in [0.29, 0.717) is 19.4 Å². The Labute approximate surface area is 101 Å². The molecule has 2 fully saturated rings. The van der Waals surface area contributed by atoms with E-state index in [1.807, 2.05) is 6.92 Å². The number of rotatable bonds is 2. The molecule has 5 heteroatoms. The van der Waals surface area contributed by atoms with Gasteiger partial charge in [0, 0.05) is 6.54 Å². The molecule has 0 spiro atoms. The van der Waals surface area contributed by atoms with E-state index in [-0.39, 0.29) is 12.0 Å².